The molecular weight excluding hydrogens is 270 g/mol. The lowest BCUT2D eigenvalue weighted by atomic mass is 10.1. The summed E-state index contributed by atoms with van der Waals surface area (Å²) >= 11 is 3.45. The number of carbonyl (C=O) groups excluding carboxylic acids is 1. The van der Waals surface area contributed by atoms with Crippen LogP contribution in [0.1, 0.15) is 31.4 Å². The first kappa shape index (κ1) is 13.2. The minimum Gasteiger partial charge on any atom is -0.396 e. The molecule has 16 heavy (non-hydrogen) atoms. The Labute approximate surface area is 104 Å². The summed E-state index contributed by atoms with van der Waals surface area (Å²) in [6.45, 7) is 1.99. The van der Waals surface area contributed by atoms with Crippen LogP contribution in [0.3, 0.4) is 0 Å². The van der Waals surface area contributed by atoms with E-state index in [9.17, 15) is 4.79 Å². The van der Waals surface area contributed by atoms with Crippen LogP contribution in [0, 0.1) is 0 Å². The molecule has 2 N–H and O–H groups in total. The zero-order valence-corrected chi connectivity index (χ0v) is 10.8. The number of hydrogen-bond acceptors (Lipinski definition) is 2. The van der Waals surface area contributed by atoms with Gasteiger partial charge in [-0.15, -0.1) is 0 Å². The molecule has 0 radical (unpaired) electrons. The Morgan fingerprint density at radius 2 is 2.19 bits per heavy atom. The predicted octanol–water partition coefficient (Wildman–Crippen LogP) is 2.40. The van der Waals surface area contributed by atoms with E-state index in [0.717, 1.165) is 10.0 Å². The molecule has 0 heterocycles. The van der Waals surface area contributed by atoms with Crippen LogP contribution >= 0.6 is 15.9 Å². The second-order valence-electron chi connectivity index (χ2n) is 3.64. The highest BCUT2D eigenvalue weighted by Crippen LogP contribution is 2.22. The van der Waals surface area contributed by atoms with Gasteiger partial charge in [0.25, 0.3) is 0 Å². The van der Waals surface area contributed by atoms with Crippen molar-refractivity contribution in [1.82, 2.24) is 5.32 Å². The van der Waals surface area contributed by atoms with Crippen molar-refractivity contribution in [3.63, 3.8) is 0 Å². The van der Waals surface area contributed by atoms with Gasteiger partial charge in [-0.2, -0.15) is 0 Å². The summed E-state index contributed by atoms with van der Waals surface area (Å²) in [6.07, 6.45) is 0.875. The molecule has 1 amide bonds. The van der Waals surface area contributed by atoms with Crippen LogP contribution in [0.5, 0.6) is 0 Å². The third-order valence-electron chi connectivity index (χ3n) is 2.31. The molecule has 4 heteroatoms. The number of carbonyl (C=O) groups is 1. The maximum absolute atomic E-state index is 11.5. The highest BCUT2D eigenvalue weighted by molar-refractivity contribution is 9.10. The summed E-state index contributed by atoms with van der Waals surface area (Å²) in [5, 5.41) is 11.5. The Balaban J connectivity index is 2.55. The standard InChI is InChI=1S/C12H16BrNO2/c1-9(14-12(16)7-4-8-15)10-5-2-3-6-11(10)13/h2-3,5-6,9,15H,4,7-8H2,1H3,(H,14,16)/t9-/m0/s1. The zero-order chi connectivity index (χ0) is 12.0. The van der Waals surface area contributed by atoms with Crippen molar-refractivity contribution < 1.29 is 9.90 Å². The number of halogens is 1. The van der Waals surface area contributed by atoms with E-state index in [0.29, 0.717) is 12.8 Å². The molecule has 0 bridgehead atoms. The van der Waals surface area contributed by atoms with Crippen LogP contribution in [0.25, 0.3) is 0 Å². The summed E-state index contributed by atoms with van der Waals surface area (Å²) in [6, 6.07) is 7.78. The molecule has 1 atom stereocenters. The molecule has 1 aromatic rings. The lowest BCUT2D eigenvalue weighted by Gasteiger charge is -2.15. The fourth-order valence-electron chi connectivity index (χ4n) is 1.46. The Morgan fingerprint density at radius 3 is 2.81 bits per heavy atom. The molecule has 0 aliphatic heterocycles. The lowest BCUT2D eigenvalue weighted by molar-refractivity contribution is -0.122. The van der Waals surface area contributed by atoms with Gasteiger partial charge < -0.3 is 10.4 Å². The van der Waals surface area contributed by atoms with Crippen molar-refractivity contribution >= 4 is 21.8 Å². The van der Waals surface area contributed by atoms with Crippen LogP contribution in [0.15, 0.2) is 28.7 Å². The fourth-order valence-corrected chi connectivity index (χ4v) is 2.09. The lowest BCUT2D eigenvalue weighted by Crippen LogP contribution is -2.26. The average Bonchev–Trinajstić information content (AvgIpc) is 2.26. The van der Waals surface area contributed by atoms with Crippen LogP contribution in [0.4, 0.5) is 0 Å². The highest BCUT2D eigenvalue weighted by Gasteiger charge is 2.11. The molecule has 0 saturated carbocycles. The molecule has 3 nitrogen and oxygen atoms in total. The van der Waals surface area contributed by atoms with Crippen LogP contribution in [-0.4, -0.2) is 17.6 Å². The zero-order valence-electron chi connectivity index (χ0n) is 9.24. The first-order chi connectivity index (χ1) is 7.65. The van der Waals surface area contributed by atoms with Gasteiger partial charge in [0, 0.05) is 17.5 Å². The maximum Gasteiger partial charge on any atom is 0.220 e. The predicted molar refractivity (Wildman–Crippen MR) is 67.0 cm³/mol. The monoisotopic (exact) mass is 285 g/mol. The molecule has 1 aromatic carbocycles. The largest absolute Gasteiger partial charge is 0.396 e. The highest BCUT2D eigenvalue weighted by atomic mass is 79.9. The third-order valence-corrected chi connectivity index (χ3v) is 3.03. The number of nitrogens with one attached hydrogen (secondary N) is 1. The quantitative estimate of drug-likeness (QED) is 0.873. The van der Waals surface area contributed by atoms with E-state index < -0.39 is 0 Å². The summed E-state index contributed by atoms with van der Waals surface area (Å²) in [7, 11) is 0. The first-order valence-electron chi connectivity index (χ1n) is 5.29. The third kappa shape index (κ3) is 3.94. The number of benzene rings is 1. The summed E-state index contributed by atoms with van der Waals surface area (Å²) < 4.78 is 0.991. The normalized spacial score (nSPS) is 12.2. The average molecular weight is 286 g/mol. The van der Waals surface area contributed by atoms with Gasteiger partial charge in [-0.1, -0.05) is 34.1 Å². The Morgan fingerprint density at radius 1 is 1.50 bits per heavy atom. The second kappa shape index (κ2) is 6.66. The number of aliphatic hydroxyl groups excluding tert-OH is 1. The molecule has 0 aromatic heterocycles. The molecule has 0 saturated heterocycles. The van der Waals surface area contributed by atoms with Crippen molar-refractivity contribution in [2.45, 2.75) is 25.8 Å². The van der Waals surface area contributed by atoms with Gasteiger partial charge in [-0.05, 0) is 25.0 Å². The second-order valence-corrected chi connectivity index (χ2v) is 4.49. The van der Waals surface area contributed by atoms with Gasteiger partial charge in [0.05, 0.1) is 6.04 Å². The van der Waals surface area contributed by atoms with Crippen LogP contribution in [-0.2, 0) is 4.79 Å². The van der Waals surface area contributed by atoms with Gasteiger partial charge in [0.2, 0.25) is 5.91 Å². The molecule has 1 rings (SSSR count). The fraction of sp³-hybridized carbons (Fsp3) is 0.417. The van der Waals surface area contributed by atoms with Gasteiger partial charge >= 0.3 is 0 Å². The molecule has 0 unspecified atom stereocenters. The Hall–Kier alpha value is -0.870. The van der Waals surface area contributed by atoms with E-state index in [1.165, 1.54) is 0 Å². The van der Waals surface area contributed by atoms with E-state index >= 15 is 0 Å². The topological polar surface area (TPSA) is 49.3 Å². The van der Waals surface area contributed by atoms with E-state index in [2.05, 4.69) is 21.2 Å². The van der Waals surface area contributed by atoms with E-state index in [4.69, 9.17) is 5.11 Å². The van der Waals surface area contributed by atoms with Gasteiger partial charge in [0.15, 0.2) is 0 Å². The number of aliphatic hydroxyl groups is 1. The van der Waals surface area contributed by atoms with Crippen molar-refractivity contribution in [3.05, 3.63) is 34.3 Å². The summed E-state index contributed by atoms with van der Waals surface area (Å²) in [5.74, 6) is -0.0303. The molecular formula is C12H16BrNO2. The van der Waals surface area contributed by atoms with E-state index in [1.54, 1.807) is 0 Å². The summed E-state index contributed by atoms with van der Waals surface area (Å²) in [5.41, 5.74) is 1.06. The van der Waals surface area contributed by atoms with Gasteiger partial charge in [-0.3, -0.25) is 4.79 Å². The van der Waals surface area contributed by atoms with Crippen molar-refractivity contribution in [2.75, 3.05) is 6.61 Å². The summed E-state index contributed by atoms with van der Waals surface area (Å²) in [4.78, 5) is 11.5. The van der Waals surface area contributed by atoms with E-state index in [-0.39, 0.29) is 18.6 Å². The Bertz CT molecular complexity index is 355. The molecule has 0 aliphatic carbocycles. The van der Waals surface area contributed by atoms with Crippen molar-refractivity contribution in [2.24, 2.45) is 0 Å². The number of amides is 1. The smallest absolute Gasteiger partial charge is 0.220 e. The Kier molecular flexibility index (Phi) is 5.49. The molecule has 0 aliphatic rings. The van der Waals surface area contributed by atoms with E-state index in [1.807, 2.05) is 31.2 Å². The number of rotatable bonds is 5. The maximum atomic E-state index is 11.5. The van der Waals surface area contributed by atoms with Gasteiger partial charge in [-0.25, -0.2) is 0 Å². The molecule has 0 fully saturated rings. The van der Waals surface area contributed by atoms with Crippen molar-refractivity contribution in [1.29, 1.82) is 0 Å². The van der Waals surface area contributed by atoms with Crippen LogP contribution in [0.2, 0.25) is 0 Å². The molecule has 88 valence electrons. The minimum atomic E-state index is -0.0303. The SMILES string of the molecule is C[C@H](NC(=O)CCCO)c1ccccc1Br. The van der Waals surface area contributed by atoms with Gasteiger partial charge in [0.1, 0.15) is 0 Å². The van der Waals surface area contributed by atoms with Crippen molar-refractivity contribution in [3.8, 4) is 0 Å². The molecule has 0 spiro atoms. The first-order valence-corrected chi connectivity index (χ1v) is 6.09. The van der Waals surface area contributed by atoms with Crippen LogP contribution < -0.4 is 5.32 Å². The number of hydrogen-bond donors (Lipinski definition) is 2. The minimum absolute atomic E-state index is 0.0261.